The minimum absolute atomic E-state index is 0.217. The normalized spacial score (nSPS) is 38.1. The van der Waals surface area contributed by atoms with Crippen molar-refractivity contribution in [3.63, 3.8) is 0 Å². The molecule has 1 amide bonds. The summed E-state index contributed by atoms with van der Waals surface area (Å²) in [5, 5.41) is 21.4. The third-order valence-corrected chi connectivity index (χ3v) is 3.46. The van der Waals surface area contributed by atoms with Gasteiger partial charge >= 0.3 is 0 Å². The summed E-state index contributed by atoms with van der Waals surface area (Å²) in [6.07, 6.45) is -0.111. The third kappa shape index (κ3) is 1.99. The van der Waals surface area contributed by atoms with Crippen LogP contribution >= 0.6 is 0 Å². The van der Waals surface area contributed by atoms with Crippen LogP contribution in [-0.2, 0) is 9.53 Å². The highest BCUT2D eigenvalue weighted by Gasteiger charge is 2.44. The fraction of sp³-hybridized carbons (Fsp3) is 0.636. The first-order valence-corrected chi connectivity index (χ1v) is 6.26. The van der Waals surface area contributed by atoms with Gasteiger partial charge in [0.2, 0.25) is 5.96 Å². The van der Waals surface area contributed by atoms with Crippen LogP contribution < -0.4 is 5.32 Å². The maximum atomic E-state index is 11.8. The van der Waals surface area contributed by atoms with Gasteiger partial charge in [0.15, 0.2) is 11.9 Å². The van der Waals surface area contributed by atoms with E-state index in [-0.39, 0.29) is 18.5 Å². The molecule has 0 aromatic carbocycles. The lowest BCUT2D eigenvalue weighted by Crippen LogP contribution is -2.51. The van der Waals surface area contributed by atoms with Gasteiger partial charge in [-0.3, -0.25) is 25.0 Å². The Morgan fingerprint density at radius 3 is 3.10 bits per heavy atom. The van der Waals surface area contributed by atoms with E-state index in [1.165, 1.54) is 13.4 Å². The van der Waals surface area contributed by atoms with Gasteiger partial charge in [-0.2, -0.15) is 4.99 Å². The number of fused-ring (bicyclic) bond motifs is 1. The van der Waals surface area contributed by atoms with Crippen molar-refractivity contribution < 1.29 is 19.7 Å². The Balaban J connectivity index is 1.84. The lowest BCUT2D eigenvalue weighted by molar-refractivity contribution is -0.119. The van der Waals surface area contributed by atoms with Crippen LogP contribution in [0.4, 0.5) is 0 Å². The molecule has 3 N–H and O–H groups in total. The zero-order valence-electron chi connectivity index (χ0n) is 10.8. The molecule has 3 rings (SSSR count). The van der Waals surface area contributed by atoms with E-state index in [9.17, 15) is 9.90 Å². The number of aliphatic hydroxyl groups is 2. The van der Waals surface area contributed by atoms with Crippen LogP contribution in [-0.4, -0.2) is 77.3 Å². The van der Waals surface area contributed by atoms with Crippen molar-refractivity contribution in [1.82, 2.24) is 10.2 Å². The average molecular weight is 281 g/mol. The number of amides is 1. The smallest absolute Gasteiger partial charge is 0.259 e. The third-order valence-electron chi connectivity index (χ3n) is 3.46. The van der Waals surface area contributed by atoms with Crippen molar-refractivity contribution in [2.75, 3.05) is 13.7 Å². The standard InChI is InChI=1S/C11H15N5O4/c1-12-11-14-9-8(10(19)15-11)13-4-16(9)7-2-5(18)6(3-17)20-7/h4-8,17-18H,2-3H2,1H3,(H,12,15,19)/t5-,6+,7+,8?/m0/s1. The molecule has 0 radical (unpaired) electrons. The highest BCUT2D eigenvalue weighted by atomic mass is 16.5. The molecule has 4 atom stereocenters. The van der Waals surface area contributed by atoms with E-state index < -0.39 is 24.5 Å². The number of carbonyl (C=O) groups is 1. The Labute approximate surface area is 114 Å². The van der Waals surface area contributed by atoms with Gasteiger partial charge in [-0.15, -0.1) is 0 Å². The van der Waals surface area contributed by atoms with Crippen LogP contribution in [0.15, 0.2) is 15.0 Å². The number of ether oxygens (including phenoxy) is 1. The van der Waals surface area contributed by atoms with Crippen LogP contribution in [0.2, 0.25) is 0 Å². The number of guanidine groups is 1. The summed E-state index contributed by atoms with van der Waals surface area (Å²) < 4.78 is 5.54. The maximum absolute atomic E-state index is 11.8. The zero-order chi connectivity index (χ0) is 14.3. The topological polar surface area (TPSA) is 119 Å². The van der Waals surface area contributed by atoms with E-state index >= 15 is 0 Å². The summed E-state index contributed by atoms with van der Waals surface area (Å²) >= 11 is 0. The highest BCUT2D eigenvalue weighted by Crippen LogP contribution is 2.26. The summed E-state index contributed by atoms with van der Waals surface area (Å²) in [5.41, 5.74) is 0. The molecule has 3 aliphatic heterocycles. The van der Waals surface area contributed by atoms with Crippen molar-refractivity contribution in [3.8, 4) is 0 Å². The summed E-state index contributed by atoms with van der Waals surface area (Å²) in [7, 11) is 1.53. The average Bonchev–Trinajstić information content (AvgIpc) is 3.01. The molecular formula is C11H15N5O4. The van der Waals surface area contributed by atoms with E-state index in [4.69, 9.17) is 9.84 Å². The molecule has 0 spiro atoms. The minimum Gasteiger partial charge on any atom is -0.394 e. The molecule has 0 aromatic rings. The van der Waals surface area contributed by atoms with Gasteiger partial charge in [-0.05, 0) is 0 Å². The summed E-state index contributed by atoms with van der Waals surface area (Å²) in [6, 6.07) is -0.714. The Kier molecular flexibility index (Phi) is 3.24. The largest absolute Gasteiger partial charge is 0.394 e. The fourth-order valence-corrected chi connectivity index (χ4v) is 2.40. The van der Waals surface area contributed by atoms with Crippen LogP contribution in [0.25, 0.3) is 0 Å². The molecular weight excluding hydrogens is 266 g/mol. The molecule has 9 nitrogen and oxygen atoms in total. The Hall–Kier alpha value is -1.84. The molecule has 1 unspecified atom stereocenters. The van der Waals surface area contributed by atoms with E-state index in [1.807, 2.05) is 0 Å². The molecule has 20 heavy (non-hydrogen) atoms. The van der Waals surface area contributed by atoms with E-state index in [1.54, 1.807) is 4.90 Å². The second-order valence-corrected chi connectivity index (χ2v) is 4.70. The number of aliphatic imine (C=N–C) groups is 3. The van der Waals surface area contributed by atoms with E-state index in [0.29, 0.717) is 12.3 Å². The van der Waals surface area contributed by atoms with Gasteiger partial charge in [0.25, 0.3) is 5.91 Å². The van der Waals surface area contributed by atoms with Crippen molar-refractivity contribution >= 4 is 24.0 Å². The first-order chi connectivity index (χ1) is 9.63. The highest BCUT2D eigenvalue weighted by molar-refractivity contribution is 6.23. The monoisotopic (exact) mass is 281 g/mol. The van der Waals surface area contributed by atoms with Crippen LogP contribution in [0.3, 0.4) is 0 Å². The summed E-state index contributed by atoms with van der Waals surface area (Å²) in [6.45, 7) is -0.263. The maximum Gasteiger partial charge on any atom is 0.259 e. The van der Waals surface area contributed by atoms with E-state index in [2.05, 4.69) is 20.3 Å². The Morgan fingerprint density at radius 1 is 1.65 bits per heavy atom. The van der Waals surface area contributed by atoms with Crippen molar-refractivity contribution in [2.45, 2.75) is 30.9 Å². The van der Waals surface area contributed by atoms with Crippen LogP contribution in [0, 0.1) is 0 Å². The number of aliphatic hydroxyl groups excluding tert-OH is 2. The molecule has 108 valence electrons. The quantitative estimate of drug-likeness (QED) is 0.525. The number of nitrogens with one attached hydrogen (secondary N) is 1. The van der Waals surface area contributed by atoms with E-state index in [0.717, 1.165) is 0 Å². The van der Waals surface area contributed by atoms with Gasteiger partial charge in [-0.1, -0.05) is 0 Å². The van der Waals surface area contributed by atoms with Gasteiger partial charge in [-0.25, -0.2) is 0 Å². The predicted molar refractivity (Wildman–Crippen MR) is 69.4 cm³/mol. The second kappa shape index (κ2) is 4.93. The molecule has 3 aliphatic rings. The SMILES string of the molecule is CN=C1N=C2C(N=CN2[C@H]2C[C@H](O)[C@@H](CO)O2)C(=O)N1. The number of hydrogen-bond donors (Lipinski definition) is 3. The fourth-order valence-electron chi connectivity index (χ4n) is 2.40. The van der Waals surface area contributed by atoms with Gasteiger partial charge in [0.1, 0.15) is 12.3 Å². The summed E-state index contributed by atoms with van der Waals surface area (Å²) in [4.78, 5) is 25.6. The Morgan fingerprint density at radius 2 is 2.45 bits per heavy atom. The Bertz CT molecular complexity index is 517. The van der Waals surface area contributed by atoms with Gasteiger partial charge in [0.05, 0.1) is 19.0 Å². The van der Waals surface area contributed by atoms with Crippen molar-refractivity contribution in [1.29, 1.82) is 0 Å². The molecule has 0 bridgehead atoms. The van der Waals surface area contributed by atoms with Gasteiger partial charge < -0.3 is 14.9 Å². The zero-order valence-corrected chi connectivity index (χ0v) is 10.8. The molecule has 0 aromatic heterocycles. The first kappa shape index (κ1) is 13.2. The minimum atomic E-state index is -0.755. The molecule has 1 saturated heterocycles. The molecule has 0 saturated carbocycles. The van der Waals surface area contributed by atoms with Gasteiger partial charge in [0, 0.05) is 13.5 Å². The molecule has 1 fully saturated rings. The number of hydrogen-bond acceptors (Lipinski definition) is 7. The molecule has 0 aliphatic carbocycles. The van der Waals surface area contributed by atoms with Crippen LogP contribution in [0.1, 0.15) is 6.42 Å². The second-order valence-electron chi connectivity index (χ2n) is 4.70. The van der Waals surface area contributed by atoms with Crippen molar-refractivity contribution in [2.24, 2.45) is 15.0 Å². The summed E-state index contributed by atoms with van der Waals surface area (Å²) in [5.74, 6) is 0.339. The number of carbonyl (C=O) groups excluding carboxylic acids is 1. The van der Waals surface area contributed by atoms with Crippen LogP contribution in [0.5, 0.6) is 0 Å². The predicted octanol–water partition coefficient (Wildman–Crippen LogP) is -2.32. The molecule has 9 heteroatoms. The lowest BCUT2D eigenvalue weighted by Gasteiger charge is -2.26. The lowest BCUT2D eigenvalue weighted by atomic mass is 10.1. The van der Waals surface area contributed by atoms with Crippen molar-refractivity contribution in [3.05, 3.63) is 0 Å². The number of amidine groups is 1. The first-order valence-electron chi connectivity index (χ1n) is 6.26. The number of rotatable bonds is 2. The molecule has 3 heterocycles. The number of nitrogens with zero attached hydrogens (tertiary/aromatic N) is 4.